The Labute approximate surface area is 160 Å². The fourth-order valence-corrected chi connectivity index (χ4v) is 3.03. The topological polar surface area (TPSA) is 111 Å². The smallest absolute Gasteiger partial charge is 0.277 e. The summed E-state index contributed by atoms with van der Waals surface area (Å²) in [5.41, 5.74) is 8.05. The number of anilines is 1. The van der Waals surface area contributed by atoms with Crippen LogP contribution in [0, 0.1) is 6.92 Å². The zero-order valence-corrected chi connectivity index (χ0v) is 15.6. The van der Waals surface area contributed by atoms with Crippen LogP contribution in [0.4, 0.5) is 5.69 Å². The molecule has 8 heteroatoms. The summed E-state index contributed by atoms with van der Waals surface area (Å²) in [6, 6.07) is 14.1. The monoisotopic (exact) mass is 382 g/mol. The molecule has 0 bridgehead atoms. The average molecular weight is 382 g/mol. The van der Waals surface area contributed by atoms with Crippen molar-refractivity contribution in [3.05, 3.63) is 59.7 Å². The second-order valence-electron chi connectivity index (χ2n) is 5.88. The van der Waals surface area contributed by atoms with Gasteiger partial charge in [0, 0.05) is 16.8 Å². The van der Waals surface area contributed by atoms with Crippen molar-refractivity contribution in [1.82, 2.24) is 10.2 Å². The van der Waals surface area contributed by atoms with E-state index in [2.05, 4.69) is 15.5 Å². The number of carbonyl (C=O) groups is 2. The quantitative estimate of drug-likeness (QED) is 0.633. The van der Waals surface area contributed by atoms with Gasteiger partial charge in [-0.15, -0.1) is 10.2 Å². The fraction of sp³-hybridized carbons (Fsp3) is 0.158. The van der Waals surface area contributed by atoms with Gasteiger partial charge in [0.1, 0.15) is 0 Å². The maximum Gasteiger partial charge on any atom is 0.277 e. The van der Waals surface area contributed by atoms with Crippen LogP contribution < -0.4 is 11.1 Å². The van der Waals surface area contributed by atoms with Crippen molar-refractivity contribution in [3.8, 4) is 11.5 Å². The molecule has 0 spiro atoms. The third-order valence-electron chi connectivity index (χ3n) is 3.87. The van der Waals surface area contributed by atoms with Crippen LogP contribution in [0.3, 0.4) is 0 Å². The zero-order chi connectivity index (χ0) is 19.4. The van der Waals surface area contributed by atoms with E-state index < -0.39 is 11.2 Å². The van der Waals surface area contributed by atoms with Crippen LogP contribution in [0.1, 0.15) is 22.8 Å². The van der Waals surface area contributed by atoms with Crippen molar-refractivity contribution in [1.29, 1.82) is 0 Å². The highest BCUT2D eigenvalue weighted by atomic mass is 32.2. The Morgan fingerprint density at radius 1 is 1.11 bits per heavy atom. The van der Waals surface area contributed by atoms with Crippen molar-refractivity contribution in [3.63, 3.8) is 0 Å². The maximum atomic E-state index is 12.4. The number of nitrogens with two attached hydrogens (primary N) is 1. The highest BCUT2D eigenvalue weighted by molar-refractivity contribution is 8.00. The molecule has 0 aliphatic heterocycles. The Bertz CT molecular complexity index is 969. The van der Waals surface area contributed by atoms with Gasteiger partial charge in [-0.2, -0.15) is 0 Å². The standard InChI is InChI=1S/C19H18N4O3S/c1-11-5-3-4-6-15(11)18-22-23-19(26-18)27-12(2)17(25)21-14-9-7-13(8-10-14)16(20)24/h3-10,12H,1-2H3,(H2,20,24)(H,21,25)/t12-/m0/s1. The molecule has 7 nitrogen and oxygen atoms in total. The molecule has 0 unspecified atom stereocenters. The van der Waals surface area contributed by atoms with Gasteiger partial charge in [0.25, 0.3) is 5.22 Å². The summed E-state index contributed by atoms with van der Waals surface area (Å²) in [6.07, 6.45) is 0. The molecule has 0 fully saturated rings. The summed E-state index contributed by atoms with van der Waals surface area (Å²) in [6.45, 7) is 3.71. The molecule has 2 amide bonds. The number of rotatable bonds is 6. The molecule has 0 saturated heterocycles. The van der Waals surface area contributed by atoms with Gasteiger partial charge in [-0.05, 0) is 49.7 Å². The number of amides is 2. The Balaban J connectivity index is 1.63. The third-order valence-corrected chi connectivity index (χ3v) is 4.80. The van der Waals surface area contributed by atoms with Crippen molar-refractivity contribution < 1.29 is 14.0 Å². The van der Waals surface area contributed by atoms with Crippen molar-refractivity contribution in [2.45, 2.75) is 24.3 Å². The van der Waals surface area contributed by atoms with Crippen molar-refractivity contribution in [2.75, 3.05) is 5.32 Å². The van der Waals surface area contributed by atoms with Crippen LogP contribution in [0.15, 0.2) is 58.2 Å². The second kappa shape index (κ2) is 8.05. The zero-order valence-electron chi connectivity index (χ0n) is 14.8. The molecular formula is C19H18N4O3S. The fourth-order valence-electron chi connectivity index (χ4n) is 2.35. The lowest BCUT2D eigenvalue weighted by Gasteiger charge is -2.10. The van der Waals surface area contributed by atoms with Crippen LogP contribution >= 0.6 is 11.8 Å². The number of nitrogens with one attached hydrogen (secondary N) is 1. The van der Waals surface area contributed by atoms with Crippen LogP contribution in [0.25, 0.3) is 11.5 Å². The van der Waals surface area contributed by atoms with E-state index in [1.54, 1.807) is 31.2 Å². The van der Waals surface area contributed by atoms with Crippen molar-refractivity contribution in [2.24, 2.45) is 5.73 Å². The Kier molecular flexibility index (Phi) is 5.56. The van der Waals surface area contributed by atoms with E-state index in [0.717, 1.165) is 11.1 Å². The molecule has 3 rings (SSSR count). The molecule has 138 valence electrons. The molecule has 3 aromatic rings. The minimum atomic E-state index is -0.516. The van der Waals surface area contributed by atoms with Gasteiger partial charge < -0.3 is 15.5 Å². The van der Waals surface area contributed by atoms with E-state index in [9.17, 15) is 9.59 Å². The number of primary amides is 1. The Morgan fingerprint density at radius 2 is 1.81 bits per heavy atom. The number of benzene rings is 2. The second-order valence-corrected chi connectivity index (χ2v) is 7.17. The molecule has 1 heterocycles. The molecule has 2 aromatic carbocycles. The number of hydrogen-bond acceptors (Lipinski definition) is 6. The molecule has 0 radical (unpaired) electrons. The van der Waals surface area contributed by atoms with E-state index in [-0.39, 0.29) is 5.91 Å². The molecule has 0 saturated carbocycles. The van der Waals surface area contributed by atoms with E-state index >= 15 is 0 Å². The van der Waals surface area contributed by atoms with Gasteiger partial charge in [-0.1, -0.05) is 30.0 Å². The molecule has 1 aromatic heterocycles. The van der Waals surface area contributed by atoms with Gasteiger partial charge in [-0.3, -0.25) is 9.59 Å². The van der Waals surface area contributed by atoms with Gasteiger partial charge >= 0.3 is 0 Å². The summed E-state index contributed by atoms with van der Waals surface area (Å²) < 4.78 is 5.67. The SMILES string of the molecule is Cc1ccccc1-c1nnc(S[C@@H](C)C(=O)Nc2ccc(C(N)=O)cc2)o1. The summed E-state index contributed by atoms with van der Waals surface area (Å²) >= 11 is 1.17. The van der Waals surface area contributed by atoms with Crippen LogP contribution in [0.2, 0.25) is 0 Å². The van der Waals surface area contributed by atoms with Crippen molar-refractivity contribution >= 4 is 29.3 Å². The summed E-state index contributed by atoms with van der Waals surface area (Å²) in [5.74, 6) is -0.314. The number of nitrogens with zero attached hydrogens (tertiary/aromatic N) is 2. The largest absolute Gasteiger partial charge is 0.411 e. The number of carbonyl (C=O) groups excluding carboxylic acids is 2. The normalized spacial score (nSPS) is 11.8. The minimum absolute atomic E-state index is 0.220. The molecular weight excluding hydrogens is 364 g/mol. The predicted octanol–water partition coefficient (Wildman–Crippen LogP) is 3.26. The number of thioether (sulfide) groups is 1. The van der Waals surface area contributed by atoms with E-state index in [1.807, 2.05) is 31.2 Å². The minimum Gasteiger partial charge on any atom is -0.411 e. The lowest BCUT2D eigenvalue weighted by Crippen LogP contribution is -2.22. The molecule has 0 aliphatic rings. The molecule has 27 heavy (non-hydrogen) atoms. The molecule has 3 N–H and O–H groups in total. The summed E-state index contributed by atoms with van der Waals surface area (Å²) in [7, 11) is 0. The molecule has 1 atom stereocenters. The van der Waals surface area contributed by atoms with E-state index in [0.29, 0.717) is 22.4 Å². The number of hydrogen-bond donors (Lipinski definition) is 2. The van der Waals surface area contributed by atoms with E-state index in [4.69, 9.17) is 10.2 Å². The van der Waals surface area contributed by atoms with Gasteiger partial charge in [-0.25, -0.2) is 0 Å². The van der Waals surface area contributed by atoms with Crippen LogP contribution in [0.5, 0.6) is 0 Å². The first kappa shape index (κ1) is 18.7. The molecule has 0 aliphatic carbocycles. The van der Waals surface area contributed by atoms with Gasteiger partial charge in [0.2, 0.25) is 17.7 Å². The highest BCUT2D eigenvalue weighted by Crippen LogP contribution is 2.28. The first-order chi connectivity index (χ1) is 12.9. The average Bonchev–Trinajstić information content (AvgIpc) is 3.10. The lowest BCUT2D eigenvalue weighted by atomic mass is 10.1. The first-order valence-corrected chi connectivity index (χ1v) is 9.09. The maximum absolute atomic E-state index is 12.4. The van der Waals surface area contributed by atoms with Gasteiger partial charge in [0.05, 0.1) is 5.25 Å². The summed E-state index contributed by atoms with van der Waals surface area (Å²) in [4.78, 5) is 23.4. The Hall–Kier alpha value is -3.13. The number of aromatic nitrogens is 2. The Morgan fingerprint density at radius 3 is 2.48 bits per heavy atom. The predicted molar refractivity (Wildman–Crippen MR) is 103 cm³/mol. The third kappa shape index (κ3) is 4.53. The highest BCUT2D eigenvalue weighted by Gasteiger charge is 2.19. The van der Waals surface area contributed by atoms with Crippen LogP contribution in [-0.4, -0.2) is 27.3 Å². The number of aryl methyl sites for hydroxylation is 1. The lowest BCUT2D eigenvalue weighted by molar-refractivity contribution is -0.115. The van der Waals surface area contributed by atoms with E-state index in [1.165, 1.54) is 11.8 Å². The first-order valence-electron chi connectivity index (χ1n) is 8.21. The van der Waals surface area contributed by atoms with Gasteiger partial charge in [0.15, 0.2) is 0 Å². The van der Waals surface area contributed by atoms with Crippen LogP contribution in [-0.2, 0) is 4.79 Å². The summed E-state index contributed by atoms with van der Waals surface area (Å²) in [5, 5.41) is 10.7.